The van der Waals surface area contributed by atoms with Crippen LogP contribution in [0.15, 0.2) is 42.6 Å². The fraction of sp³-hybridized carbons (Fsp3) is 0.211. The van der Waals surface area contributed by atoms with E-state index < -0.39 is 0 Å². The molecule has 21 heavy (non-hydrogen) atoms. The molecule has 0 fully saturated rings. The Labute approximate surface area is 125 Å². The number of fused-ring (bicyclic) bond motifs is 1. The first-order valence-electron chi connectivity index (χ1n) is 7.15. The van der Waals surface area contributed by atoms with Gasteiger partial charge in [0.1, 0.15) is 0 Å². The largest absolute Gasteiger partial charge is 0.350 e. The molecule has 3 aromatic rings. The highest BCUT2D eigenvalue weighted by Crippen LogP contribution is 2.25. The highest BCUT2D eigenvalue weighted by Gasteiger charge is 2.17. The van der Waals surface area contributed by atoms with E-state index in [0.29, 0.717) is 0 Å². The fourth-order valence-corrected chi connectivity index (χ4v) is 2.89. The van der Waals surface area contributed by atoms with Crippen molar-refractivity contribution in [2.24, 2.45) is 7.05 Å². The van der Waals surface area contributed by atoms with Crippen LogP contribution in [0.25, 0.3) is 10.9 Å². The van der Waals surface area contributed by atoms with Crippen LogP contribution >= 0.6 is 0 Å². The summed E-state index contributed by atoms with van der Waals surface area (Å²) in [6.45, 7) is 6.11. The SMILES string of the molecule is Cc1ccc(C(=O)c2cn(C)c3cc(C)ccc23)c(C)c1. The van der Waals surface area contributed by atoms with Crippen LogP contribution in [0, 0.1) is 20.8 Å². The Kier molecular flexibility index (Phi) is 3.17. The first-order valence-corrected chi connectivity index (χ1v) is 7.15. The van der Waals surface area contributed by atoms with Crippen LogP contribution in [-0.4, -0.2) is 10.4 Å². The van der Waals surface area contributed by atoms with E-state index in [0.717, 1.165) is 27.6 Å². The van der Waals surface area contributed by atoms with E-state index >= 15 is 0 Å². The lowest BCUT2D eigenvalue weighted by atomic mass is 9.97. The minimum absolute atomic E-state index is 0.0990. The maximum atomic E-state index is 12.9. The minimum Gasteiger partial charge on any atom is -0.350 e. The molecule has 106 valence electrons. The second-order valence-corrected chi connectivity index (χ2v) is 5.82. The molecular weight excluding hydrogens is 258 g/mol. The molecule has 0 aliphatic rings. The maximum absolute atomic E-state index is 12.9. The number of benzene rings is 2. The van der Waals surface area contributed by atoms with Gasteiger partial charge in [-0.1, -0.05) is 35.9 Å². The van der Waals surface area contributed by atoms with E-state index in [-0.39, 0.29) is 5.78 Å². The van der Waals surface area contributed by atoms with Crippen LogP contribution in [0.5, 0.6) is 0 Å². The van der Waals surface area contributed by atoms with Crippen molar-refractivity contribution in [3.8, 4) is 0 Å². The van der Waals surface area contributed by atoms with Gasteiger partial charge in [0.05, 0.1) is 0 Å². The Hall–Kier alpha value is -2.35. The highest BCUT2D eigenvalue weighted by atomic mass is 16.1. The van der Waals surface area contributed by atoms with Crippen molar-refractivity contribution in [1.29, 1.82) is 0 Å². The van der Waals surface area contributed by atoms with E-state index in [2.05, 4.69) is 25.1 Å². The standard InChI is InChI=1S/C19H19NO/c1-12-5-7-15(14(3)9-12)19(21)17-11-20(4)18-10-13(2)6-8-16(17)18/h5-11H,1-4H3. The van der Waals surface area contributed by atoms with Gasteiger partial charge < -0.3 is 4.57 Å². The monoisotopic (exact) mass is 277 g/mol. The lowest BCUT2D eigenvalue weighted by molar-refractivity contribution is 0.103. The Bertz CT molecular complexity index is 855. The van der Waals surface area contributed by atoms with Crippen LogP contribution in [0.2, 0.25) is 0 Å². The number of carbonyl (C=O) groups is 1. The summed E-state index contributed by atoms with van der Waals surface area (Å²) in [7, 11) is 1.99. The van der Waals surface area contributed by atoms with Crippen LogP contribution < -0.4 is 0 Å². The Morgan fingerprint density at radius 1 is 0.905 bits per heavy atom. The molecule has 0 saturated carbocycles. The van der Waals surface area contributed by atoms with Crippen LogP contribution in [0.3, 0.4) is 0 Å². The fourth-order valence-electron chi connectivity index (χ4n) is 2.89. The van der Waals surface area contributed by atoms with E-state index in [1.165, 1.54) is 11.1 Å². The summed E-state index contributed by atoms with van der Waals surface area (Å²) in [5.74, 6) is 0.0990. The number of hydrogen-bond donors (Lipinski definition) is 0. The van der Waals surface area contributed by atoms with Crippen molar-refractivity contribution >= 4 is 16.7 Å². The molecule has 0 radical (unpaired) electrons. The molecule has 0 N–H and O–H groups in total. The Balaban J connectivity index is 2.18. The third-order valence-corrected chi connectivity index (χ3v) is 4.02. The van der Waals surface area contributed by atoms with Crippen LogP contribution in [0.4, 0.5) is 0 Å². The smallest absolute Gasteiger partial charge is 0.195 e. The molecule has 0 unspecified atom stereocenters. The summed E-state index contributed by atoms with van der Waals surface area (Å²) in [5, 5.41) is 1.02. The first kappa shape index (κ1) is 13.6. The molecular formula is C19H19NO. The molecule has 0 spiro atoms. The van der Waals surface area contributed by atoms with E-state index in [1.807, 2.05) is 49.9 Å². The molecule has 0 bridgehead atoms. The average molecular weight is 277 g/mol. The van der Waals surface area contributed by atoms with Crippen molar-refractivity contribution in [3.63, 3.8) is 0 Å². The number of ketones is 1. The average Bonchev–Trinajstić information content (AvgIpc) is 2.75. The van der Waals surface area contributed by atoms with Gasteiger partial charge in [-0.2, -0.15) is 0 Å². The first-order chi connectivity index (χ1) is 9.97. The second-order valence-electron chi connectivity index (χ2n) is 5.82. The second kappa shape index (κ2) is 4.88. The number of carbonyl (C=O) groups excluding carboxylic acids is 1. The van der Waals surface area contributed by atoms with Crippen LogP contribution in [-0.2, 0) is 7.05 Å². The summed E-state index contributed by atoms with van der Waals surface area (Å²) in [5.41, 5.74) is 6.08. The van der Waals surface area contributed by atoms with Gasteiger partial charge in [0, 0.05) is 35.3 Å². The summed E-state index contributed by atoms with van der Waals surface area (Å²) in [6, 6.07) is 12.2. The predicted molar refractivity (Wildman–Crippen MR) is 87.0 cm³/mol. The van der Waals surface area contributed by atoms with Crippen molar-refractivity contribution in [2.45, 2.75) is 20.8 Å². The van der Waals surface area contributed by atoms with Crippen molar-refractivity contribution in [1.82, 2.24) is 4.57 Å². The number of hydrogen-bond acceptors (Lipinski definition) is 1. The molecule has 0 aliphatic carbocycles. The van der Waals surface area contributed by atoms with Gasteiger partial charge in [-0.3, -0.25) is 4.79 Å². The minimum atomic E-state index is 0.0990. The zero-order valence-electron chi connectivity index (χ0n) is 12.9. The van der Waals surface area contributed by atoms with Gasteiger partial charge in [-0.15, -0.1) is 0 Å². The van der Waals surface area contributed by atoms with E-state index in [9.17, 15) is 4.79 Å². The van der Waals surface area contributed by atoms with Gasteiger partial charge >= 0.3 is 0 Å². The molecule has 3 rings (SSSR count). The molecule has 0 amide bonds. The third kappa shape index (κ3) is 2.27. The molecule has 0 aliphatic heterocycles. The highest BCUT2D eigenvalue weighted by molar-refractivity contribution is 6.17. The van der Waals surface area contributed by atoms with E-state index in [4.69, 9.17) is 0 Å². The third-order valence-electron chi connectivity index (χ3n) is 4.02. The molecule has 2 aromatic carbocycles. The van der Waals surface area contributed by atoms with Crippen molar-refractivity contribution in [3.05, 3.63) is 70.4 Å². The molecule has 0 saturated heterocycles. The van der Waals surface area contributed by atoms with Crippen LogP contribution in [0.1, 0.15) is 32.6 Å². The van der Waals surface area contributed by atoms with Gasteiger partial charge in [0.2, 0.25) is 0 Å². The normalized spacial score (nSPS) is 11.0. The van der Waals surface area contributed by atoms with Gasteiger partial charge in [-0.05, 0) is 38.0 Å². The lowest BCUT2D eigenvalue weighted by Gasteiger charge is -2.05. The Morgan fingerprint density at radius 3 is 2.29 bits per heavy atom. The maximum Gasteiger partial charge on any atom is 0.195 e. The lowest BCUT2D eigenvalue weighted by Crippen LogP contribution is -2.03. The molecule has 0 atom stereocenters. The van der Waals surface area contributed by atoms with E-state index in [1.54, 1.807) is 0 Å². The molecule has 2 heteroatoms. The number of aromatic nitrogens is 1. The number of rotatable bonds is 2. The van der Waals surface area contributed by atoms with Gasteiger partial charge in [0.25, 0.3) is 0 Å². The summed E-state index contributed by atoms with van der Waals surface area (Å²) in [6.07, 6.45) is 1.94. The quantitative estimate of drug-likeness (QED) is 0.639. The number of aryl methyl sites for hydroxylation is 4. The Morgan fingerprint density at radius 2 is 1.57 bits per heavy atom. The number of nitrogens with zero attached hydrogens (tertiary/aromatic N) is 1. The topological polar surface area (TPSA) is 22.0 Å². The summed E-state index contributed by atoms with van der Waals surface area (Å²) in [4.78, 5) is 12.9. The van der Waals surface area contributed by atoms with Crippen molar-refractivity contribution in [2.75, 3.05) is 0 Å². The van der Waals surface area contributed by atoms with Gasteiger partial charge in [0.15, 0.2) is 5.78 Å². The zero-order chi connectivity index (χ0) is 15.1. The summed E-state index contributed by atoms with van der Waals surface area (Å²) < 4.78 is 2.03. The molecule has 2 nitrogen and oxygen atoms in total. The van der Waals surface area contributed by atoms with Gasteiger partial charge in [-0.25, -0.2) is 0 Å². The molecule has 1 aromatic heterocycles. The predicted octanol–water partition coefficient (Wildman–Crippen LogP) is 4.33. The molecule has 1 heterocycles. The summed E-state index contributed by atoms with van der Waals surface area (Å²) >= 11 is 0. The zero-order valence-corrected chi connectivity index (χ0v) is 12.9. The van der Waals surface area contributed by atoms with Crippen molar-refractivity contribution < 1.29 is 4.79 Å².